The molecule has 0 saturated carbocycles. The topological polar surface area (TPSA) is 46.3 Å². The van der Waals surface area contributed by atoms with Gasteiger partial charge < -0.3 is 10.6 Å². The zero-order valence-corrected chi connectivity index (χ0v) is 10.6. The number of thiophene rings is 1. The van der Waals surface area contributed by atoms with E-state index >= 15 is 0 Å². The highest BCUT2D eigenvalue weighted by Crippen LogP contribution is 2.09. The van der Waals surface area contributed by atoms with Gasteiger partial charge in [-0.1, -0.05) is 6.07 Å². The van der Waals surface area contributed by atoms with Crippen molar-refractivity contribution in [3.05, 3.63) is 22.4 Å². The summed E-state index contributed by atoms with van der Waals surface area (Å²) in [6, 6.07) is 3.70. The molecule has 5 heteroatoms. The Morgan fingerprint density at radius 2 is 2.33 bits per heavy atom. The first-order chi connectivity index (χ1) is 6.61. The lowest BCUT2D eigenvalue weighted by Gasteiger charge is -2.18. The van der Waals surface area contributed by atoms with Crippen LogP contribution in [-0.4, -0.2) is 30.4 Å². The van der Waals surface area contributed by atoms with Crippen molar-refractivity contribution in [1.29, 1.82) is 0 Å². The third-order valence-electron chi connectivity index (χ3n) is 2.04. The van der Waals surface area contributed by atoms with Gasteiger partial charge in [0.1, 0.15) is 0 Å². The van der Waals surface area contributed by atoms with E-state index in [1.807, 2.05) is 11.4 Å². The molecule has 1 heterocycles. The molecule has 1 atom stereocenters. The van der Waals surface area contributed by atoms with Crippen molar-refractivity contribution in [1.82, 2.24) is 4.90 Å². The fourth-order valence-corrected chi connectivity index (χ4v) is 1.89. The number of hydrogen-bond acceptors (Lipinski definition) is 3. The van der Waals surface area contributed by atoms with E-state index in [2.05, 4.69) is 6.07 Å². The second kappa shape index (κ2) is 6.82. The van der Waals surface area contributed by atoms with Gasteiger partial charge in [0.15, 0.2) is 0 Å². The molecule has 1 amide bonds. The molecule has 3 nitrogen and oxygen atoms in total. The number of nitrogens with zero attached hydrogens (tertiary/aromatic N) is 1. The maximum absolute atomic E-state index is 11.4. The van der Waals surface area contributed by atoms with Crippen molar-refractivity contribution >= 4 is 29.7 Å². The number of likely N-dealkylation sites (N-methyl/N-ethyl adjacent to an activating group) is 1. The third kappa shape index (κ3) is 4.64. The minimum atomic E-state index is -0.400. The molecule has 0 aromatic carbocycles. The molecule has 15 heavy (non-hydrogen) atoms. The van der Waals surface area contributed by atoms with Crippen LogP contribution in [0, 0.1) is 0 Å². The summed E-state index contributed by atoms with van der Waals surface area (Å²) in [5.41, 5.74) is 5.50. The zero-order valence-electron chi connectivity index (χ0n) is 8.97. The number of hydrogen-bond donors (Lipinski definition) is 1. The van der Waals surface area contributed by atoms with Crippen molar-refractivity contribution in [3.8, 4) is 0 Å². The van der Waals surface area contributed by atoms with Gasteiger partial charge in [-0.15, -0.1) is 23.7 Å². The van der Waals surface area contributed by atoms with E-state index in [9.17, 15) is 4.79 Å². The third-order valence-corrected chi connectivity index (χ3v) is 2.98. The fourth-order valence-electron chi connectivity index (χ4n) is 1.19. The molecule has 0 aliphatic carbocycles. The van der Waals surface area contributed by atoms with Crippen LogP contribution in [0.2, 0.25) is 0 Å². The van der Waals surface area contributed by atoms with E-state index in [1.165, 1.54) is 4.88 Å². The van der Waals surface area contributed by atoms with Crippen LogP contribution in [0.25, 0.3) is 0 Å². The second-order valence-corrected chi connectivity index (χ2v) is 4.41. The Morgan fingerprint density at radius 3 is 2.80 bits per heavy atom. The minimum absolute atomic E-state index is 0. The normalized spacial score (nSPS) is 11.7. The number of nitrogens with two attached hydrogens (primary N) is 1. The molecule has 1 aromatic rings. The van der Waals surface area contributed by atoms with Gasteiger partial charge in [-0.3, -0.25) is 4.79 Å². The van der Waals surface area contributed by atoms with Crippen LogP contribution >= 0.6 is 23.7 Å². The molecule has 86 valence electrons. The molecule has 0 bridgehead atoms. The molecule has 2 N–H and O–H groups in total. The van der Waals surface area contributed by atoms with Crippen LogP contribution in [0.15, 0.2) is 17.5 Å². The zero-order chi connectivity index (χ0) is 10.6. The van der Waals surface area contributed by atoms with Crippen LogP contribution in [0.1, 0.15) is 11.8 Å². The van der Waals surface area contributed by atoms with E-state index in [4.69, 9.17) is 5.73 Å². The van der Waals surface area contributed by atoms with Gasteiger partial charge in [0, 0.05) is 18.5 Å². The van der Waals surface area contributed by atoms with Crippen LogP contribution < -0.4 is 5.73 Å². The second-order valence-electron chi connectivity index (χ2n) is 3.38. The molecule has 1 rings (SSSR count). The van der Waals surface area contributed by atoms with Gasteiger partial charge in [-0.2, -0.15) is 0 Å². The molecule has 0 aliphatic rings. The lowest BCUT2D eigenvalue weighted by molar-refractivity contribution is -0.130. The Bertz CT molecular complexity index is 288. The molecular formula is C10H17ClN2OS. The molecular weight excluding hydrogens is 232 g/mol. The molecule has 0 radical (unpaired) electrons. The molecule has 0 aliphatic heterocycles. The van der Waals surface area contributed by atoms with E-state index < -0.39 is 6.04 Å². The van der Waals surface area contributed by atoms with E-state index in [1.54, 1.807) is 30.2 Å². The Morgan fingerprint density at radius 1 is 1.67 bits per heavy atom. The van der Waals surface area contributed by atoms with Crippen molar-refractivity contribution in [2.24, 2.45) is 5.73 Å². The summed E-state index contributed by atoms with van der Waals surface area (Å²) in [6.45, 7) is 2.45. The van der Waals surface area contributed by atoms with E-state index in [-0.39, 0.29) is 18.3 Å². The SMILES string of the molecule is CC(N)C(=O)N(C)CCc1cccs1.Cl. The van der Waals surface area contributed by atoms with Crippen molar-refractivity contribution in [3.63, 3.8) is 0 Å². The van der Waals surface area contributed by atoms with Crippen molar-refractivity contribution in [2.75, 3.05) is 13.6 Å². The molecule has 0 spiro atoms. The Hall–Kier alpha value is -0.580. The first-order valence-electron chi connectivity index (χ1n) is 4.64. The lowest BCUT2D eigenvalue weighted by atomic mass is 10.3. The summed E-state index contributed by atoms with van der Waals surface area (Å²) in [5.74, 6) is 0.00144. The van der Waals surface area contributed by atoms with Gasteiger partial charge in [0.05, 0.1) is 6.04 Å². The smallest absolute Gasteiger partial charge is 0.238 e. The number of carbonyl (C=O) groups is 1. The van der Waals surface area contributed by atoms with E-state index in [0.29, 0.717) is 0 Å². The maximum atomic E-state index is 11.4. The van der Waals surface area contributed by atoms with Gasteiger partial charge in [-0.25, -0.2) is 0 Å². The monoisotopic (exact) mass is 248 g/mol. The summed E-state index contributed by atoms with van der Waals surface area (Å²) >= 11 is 1.72. The predicted molar refractivity (Wildman–Crippen MR) is 66.6 cm³/mol. The average Bonchev–Trinajstić information content (AvgIpc) is 2.65. The molecule has 0 saturated heterocycles. The van der Waals surface area contributed by atoms with Gasteiger partial charge in [0.25, 0.3) is 0 Å². The van der Waals surface area contributed by atoms with Crippen LogP contribution in [0.5, 0.6) is 0 Å². The van der Waals surface area contributed by atoms with E-state index in [0.717, 1.165) is 13.0 Å². The number of amides is 1. The maximum Gasteiger partial charge on any atom is 0.238 e. The van der Waals surface area contributed by atoms with Crippen LogP contribution in [-0.2, 0) is 11.2 Å². The Balaban J connectivity index is 0.00000196. The Labute approximate surface area is 101 Å². The quantitative estimate of drug-likeness (QED) is 0.878. The summed E-state index contributed by atoms with van der Waals surface area (Å²) in [6.07, 6.45) is 0.909. The van der Waals surface area contributed by atoms with Gasteiger partial charge >= 0.3 is 0 Å². The summed E-state index contributed by atoms with van der Waals surface area (Å²) in [4.78, 5) is 14.4. The first kappa shape index (κ1) is 14.4. The first-order valence-corrected chi connectivity index (χ1v) is 5.52. The molecule has 1 aromatic heterocycles. The highest BCUT2D eigenvalue weighted by molar-refractivity contribution is 7.09. The highest BCUT2D eigenvalue weighted by atomic mass is 35.5. The standard InChI is InChI=1S/C10H16N2OS.ClH/c1-8(11)10(13)12(2)6-5-9-4-3-7-14-9;/h3-4,7-8H,5-6,11H2,1-2H3;1H. The molecule has 0 fully saturated rings. The van der Waals surface area contributed by atoms with Crippen LogP contribution in [0.4, 0.5) is 0 Å². The lowest BCUT2D eigenvalue weighted by Crippen LogP contribution is -2.40. The summed E-state index contributed by atoms with van der Waals surface area (Å²) < 4.78 is 0. The molecule has 1 unspecified atom stereocenters. The van der Waals surface area contributed by atoms with Gasteiger partial charge in [-0.05, 0) is 24.8 Å². The fraction of sp³-hybridized carbons (Fsp3) is 0.500. The van der Waals surface area contributed by atoms with Crippen molar-refractivity contribution in [2.45, 2.75) is 19.4 Å². The Kier molecular flexibility index (Phi) is 6.56. The average molecular weight is 249 g/mol. The number of carbonyl (C=O) groups excluding carboxylic acids is 1. The number of halogens is 1. The number of rotatable bonds is 4. The van der Waals surface area contributed by atoms with Gasteiger partial charge in [0.2, 0.25) is 5.91 Å². The predicted octanol–water partition coefficient (Wildman–Crippen LogP) is 1.52. The van der Waals surface area contributed by atoms with Crippen LogP contribution in [0.3, 0.4) is 0 Å². The summed E-state index contributed by atoms with van der Waals surface area (Å²) in [5, 5.41) is 2.04. The largest absolute Gasteiger partial charge is 0.344 e. The summed E-state index contributed by atoms with van der Waals surface area (Å²) in [7, 11) is 1.79. The highest BCUT2D eigenvalue weighted by Gasteiger charge is 2.12. The van der Waals surface area contributed by atoms with Crippen molar-refractivity contribution < 1.29 is 4.79 Å². The minimum Gasteiger partial charge on any atom is -0.344 e.